The minimum atomic E-state index is -1.59. The van der Waals surface area contributed by atoms with Gasteiger partial charge in [-0.05, 0) is 44.4 Å². The van der Waals surface area contributed by atoms with Crippen molar-refractivity contribution in [1.82, 2.24) is 0 Å². The van der Waals surface area contributed by atoms with E-state index >= 15 is 0 Å². The SMILES string of the molecule is C=C1CO[C@@]2(C(=O)N(Cc3ccccc3)c3ccccc32)[C@](C(=O)OC(C)(C)C)(c2ccccc2)C1. The van der Waals surface area contributed by atoms with Crippen molar-refractivity contribution in [1.29, 1.82) is 0 Å². The van der Waals surface area contributed by atoms with E-state index in [0.717, 1.165) is 16.8 Å². The largest absolute Gasteiger partial charge is 0.459 e. The molecule has 0 radical (unpaired) electrons. The van der Waals surface area contributed by atoms with Gasteiger partial charge in [0.1, 0.15) is 11.0 Å². The van der Waals surface area contributed by atoms with E-state index in [1.807, 2.05) is 106 Å². The maximum Gasteiger partial charge on any atom is 0.321 e. The number of nitrogens with zero attached hydrogens (tertiary/aromatic N) is 1. The molecule has 2 aliphatic heterocycles. The van der Waals surface area contributed by atoms with Crippen LogP contribution in [0.5, 0.6) is 0 Å². The maximum absolute atomic E-state index is 14.7. The molecule has 36 heavy (non-hydrogen) atoms. The van der Waals surface area contributed by atoms with Gasteiger partial charge in [0.2, 0.25) is 0 Å². The molecule has 3 aromatic carbocycles. The molecule has 5 rings (SSSR count). The van der Waals surface area contributed by atoms with E-state index in [2.05, 4.69) is 6.58 Å². The van der Waals surface area contributed by atoms with Gasteiger partial charge in [-0.2, -0.15) is 0 Å². The van der Waals surface area contributed by atoms with E-state index in [4.69, 9.17) is 9.47 Å². The molecule has 184 valence electrons. The Kier molecular flexibility index (Phi) is 5.84. The summed E-state index contributed by atoms with van der Waals surface area (Å²) in [7, 11) is 0. The molecule has 2 heterocycles. The Labute approximate surface area is 212 Å². The number of hydrogen-bond acceptors (Lipinski definition) is 4. The van der Waals surface area contributed by atoms with Gasteiger partial charge in [-0.1, -0.05) is 91.0 Å². The molecule has 5 heteroatoms. The molecule has 3 aromatic rings. The van der Waals surface area contributed by atoms with Crippen LogP contribution in [-0.4, -0.2) is 24.1 Å². The summed E-state index contributed by atoms with van der Waals surface area (Å²) in [4.78, 5) is 30.8. The first-order chi connectivity index (χ1) is 17.2. The van der Waals surface area contributed by atoms with Crippen LogP contribution in [-0.2, 0) is 36.6 Å². The van der Waals surface area contributed by atoms with E-state index < -0.39 is 22.6 Å². The zero-order chi connectivity index (χ0) is 25.6. The maximum atomic E-state index is 14.7. The van der Waals surface area contributed by atoms with Crippen molar-refractivity contribution >= 4 is 17.6 Å². The third kappa shape index (κ3) is 3.66. The Hall–Kier alpha value is -3.70. The fourth-order valence-electron chi connectivity index (χ4n) is 5.51. The van der Waals surface area contributed by atoms with Gasteiger partial charge in [0.25, 0.3) is 5.91 Å². The molecule has 2 aliphatic rings. The Morgan fingerprint density at radius 3 is 2.25 bits per heavy atom. The lowest BCUT2D eigenvalue weighted by atomic mass is 9.60. The van der Waals surface area contributed by atoms with E-state index in [1.165, 1.54) is 0 Å². The fraction of sp³-hybridized carbons (Fsp3) is 0.290. The van der Waals surface area contributed by atoms with Crippen LogP contribution in [0, 0.1) is 0 Å². The minimum Gasteiger partial charge on any atom is -0.459 e. The van der Waals surface area contributed by atoms with Crippen molar-refractivity contribution in [3.05, 3.63) is 114 Å². The minimum absolute atomic E-state index is 0.177. The highest BCUT2D eigenvalue weighted by atomic mass is 16.6. The molecule has 1 amide bonds. The molecular formula is C31H31NO4. The van der Waals surface area contributed by atoms with Crippen molar-refractivity contribution in [2.24, 2.45) is 0 Å². The second-order valence-corrected chi connectivity index (χ2v) is 10.6. The van der Waals surface area contributed by atoms with Gasteiger partial charge in [-0.25, -0.2) is 0 Å². The summed E-state index contributed by atoms with van der Waals surface area (Å²) in [6.45, 7) is 10.2. The predicted molar refractivity (Wildman–Crippen MR) is 139 cm³/mol. The van der Waals surface area contributed by atoms with Crippen LogP contribution in [0.15, 0.2) is 97.1 Å². The number of carbonyl (C=O) groups excluding carboxylic acids is 2. The second-order valence-electron chi connectivity index (χ2n) is 10.6. The monoisotopic (exact) mass is 481 g/mol. The summed E-state index contributed by atoms with van der Waals surface area (Å²) in [5, 5.41) is 0. The Morgan fingerprint density at radius 1 is 0.972 bits per heavy atom. The zero-order valence-electron chi connectivity index (χ0n) is 21.0. The van der Waals surface area contributed by atoms with Crippen LogP contribution in [0.3, 0.4) is 0 Å². The molecule has 0 unspecified atom stereocenters. The third-order valence-corrected chi connectivity index (χ3v) is 6.93. The molecule has 1 spiro atoms. The van der Waals surface area contributed by atoms with Gasteiger partial charge in [0, 0.05) is 5.56 Å². The average molecular weight is 482 g/mol. The number of fused-ring (bicyclic) bond motifs is 2. The van der Waals surface area contributed by atoms with Crippen molar-refractivity contribution in [3.63, 3.8) is 0 Å². The van der Waals surface area contributed by atoms with Gasteiger partial charge in [0.15, 0.2) is 5.60 Å². The molecule has 0 saturated carbocycles. The summed E-state index contributed by atoms with van der Waals surface area (Å²) in [6.07, 6.45) is 0.241. The lowest BCUT2D eigenvalue weighted by Crippen LogP contribution is -2.64. The predicted octanol–water partition coefficient (Wildman–Crippen LogP) is 5.68. The molecule has 0 aliphatic carbocycles. The summed E-state index contributed by atoms with van der Waals surface area (Å²) >= 11 is 0. The zero-order valence-corrected chi connectivity index (χ0v) is 21.0. The summed E-state index contributed by atoms with van der Waals surface area (Å²) < 4.78 is 12.6. The summed E-state index contributed by atoms with van der Waals surface area (Å²) in [5.41, 5.74) is 0.00553. The molecule has 0 aromatic heterocycles. The van der Waals surface area contributed by atoms with E-state index in [0.29, 0.717) is 17.7 Å². The molecule has 5 nitrogen and oxygen atoms in total. The highest BCUT2D eigenvalue weighted by Gasteiger charge is 2.71. The number of anilines is 1. The normalized spacial score (nSPS) is 23.6. The third-order valence-electron chi connectivity index (χ3n) is 6.93. The van der Waals surface area contributed by atoms with Crippen LogP contribution in [0.25, 0.3) is 0 Å². The van der Waals surface area contributed by atoms with Crippen LogP contribution < -0.4 is 4.90 Å². The van der Waals surface area contributed by atoms with Gasteiger partial charge >= 0.3 is 5.97 Å². The van der Waals surface area contributed by atoms with Gasteiger partial charge < -0.3 is 14.4 Å². The lowest BCUT2D eigenvalue weighted by molar-refractivity contribution is -0.191. The van der Waals surface area contributed by atoms with E-state index in [-0.39, 0.29) is 18.9 Å². The first-order valence-electron chi connectivity index (χ1n) is 12.2. The topological polar surface area (TPSA) is 55.8 Å². The van der Waals surface area contributed by atoms with Gasteiger partial charge in [-0.15, -0.1) is 0 Å². The number of hydrogen-bond donors (Lipinski definition) is 0. The molecule has 0 bridgehead atoms. The van der Waals surface area contributed by atoms with Crippen molar-refractivity contribution in [2.75, 3.05) is 11.5 Å². The Bertz CT molecular complexity index is 1310. The van der Waals surface area contributed by atoms with Gasteiger partial charge in [0.05, 0.1) is 18.8 Å². The van der Waals surface area contributed by atoms with Gasteiger partial charge in [-0.3, -0.25) is 9.59 Å². The van der Waals surface area contributed by atoms with Crippen molar-refractivity contribution in [3.8, 4) is 0 Å². The number of para-hydroxylation sites is 1. The number of carbonyl (C=O) groups is 2. The first-order valence-corrected chi connectivity index (χ1v) is 12.2. The van der Waals surface area contributed by atoms with Crippen LogP contribution in [0.4, 0.5) is 5.69 Å². The molecule has 0 N–H and O–H groups in total. The second kappa shape index (κ2) is 8.75. The number of benzene rings is 3. The molecule has 1 fully saturated rings. The molecule has 1 saturated heterocycles. The number of amides is 1. The molecular weight excluding hydrogens is 450 g/mol. The highest BCUT2D eigenvalue weighted by molar-refractivity contribution is 6.12. The van der Waals surface area contributed by atoms with Crippen LogP contribution in [0.1, 0.15) is 43.9 Å². The summed E-state index contributed by atoms with van der Waals surface area (Å²) in [6, 6.07) is 26.8. The quantitative estimate of drug-likeness (QED) is 0.355. The highest BCUT2D eigenvalue weighted by Crippen LogP contribution is 2.59. The van der Waals surface area contributed by atoms with E-state index in [1.54, 1.807) is 4.90 Å². The lowest BCUT2D eigenvalue weighted by Gasteiger charge is -2.49. The standard InChI is InChI=1S/C31H31NO4/c1-22-19-30(24-15-9-6-10-16-24,28(34)36-29(2,3)4)31(35-21-22)25-17-11-12-18-26(25)32(27(31)33)20-23-13-7-5-8-14-23/h5-18H,1,19-21H2,2-4H3/t30-,31-/m0/s1. The number of esters is 1. The first kappa shape index (κ1) is 24.0. The number of ether oxygens (including phenoxy) is 2. The van der Waals surface area contributed by atoms with Crippen molar-refractivity contribution < 1.29 is 19.1 Å². The fourth-order valence-corrected chi connectivity index (χ4v) is 5.51. The molecule has 2 atom stereocenters. The van der Waals surface area contributed by atoms with Crippen LogP contribution in [0.2, 0.25) is 0 Å². The van der Waals surface area contributed by atoms with Crippen molar-refractivity contribution in [2.45, 2.75) is 50.4 Å². The Morgan fingerprint density at radius 2 is 1.58 bits per heavy atom. The Balaban J connectivity index is 1.77. The van der Waals surface area contributed by atoms with Crippen LogP contribution >= 0.6 is 0 Å². The average Bonchev–Trinajstić information content (AvgIpc) is 3.09. The number of rotatable bonds is 4. The smallest absolute Gasteiger partial charge is 0.321 e. The summed E-state index contributed by atoms with van der Waals surface area (Å²) in [5.74, 6) is -0.762. The van der Waals surface area contributed by atoms with E-state index in [9.17, 15) is 9.59 Å².